The van der Waals surface area contributed by atoms with E-state index in [4.69, 9.17) is 24.2 Å². The number of benzene rings is 1. The number of amides is 1. The molecule has 0 radical (unpaired) electrons. The third-order valence-corrected chi connectivity index (χ3v) is 6.40. The highest BCUT2D eigenvalue weighted by atomic mass is 16.5. The van der Waals surface area contributed by atoms with E-state index in [0.717, 1.165) is 35.2 Å². The molecule has 0 atom stereocenters. The number of nitrogens with one attached hydrogen (secondary N) is 3. The van der Waals surface area contributed by atoms with Gasteiger partial charge in [-0.3, -0.25) is 4.79 Å². The summed E-state index contributed by atoms with van der Waals surface area (Å²) in [5.74, 6) is 1.96. The van der Waals surface area contributed by atoms with E-state index in [9.17, 15) is 4.79 Å². The second-order valence-corrected chi connectivity index (χ2v) is 9.13. The summed E-state index contributed by atoms with van der Waals surface area (Å²) in [6, 6.07) is 9.12. The normalized spacial score (nSPS) is 13.8. The lowest BCUT2D eigenvalue weighted by Crippen LogP contribution is -2.26. The van der Waals surface area contributed by atoms with Gasteiger partial charge in [0.1, 0.15) is 23.3 Å². The van der Waals surface area contributed by atoms with E-state index in [1.54, 1.807) is 32.4 Å². The number of methoxy groups -OCH3 is 1. The minimum absolute atomic E-state index is 0.0203. The van der Waals surface area contributed by atoms with E-state index in [2.05, 4.69) is 20.6 Å². The molecule has 0 aliphatic carbocycles. The zero-order valence-electron chi connectivity index (χ0n) is 21.9. The van der Waals surface area contributed by atoms with Crippen LogP contribution >= 0.6 is 0 Å². The molecule has 1 aliphatic rings. The number of hydrogen-bond acceptors (Lipinski definition) is 9. The molecule has 5 rings (SSSR count). The number of fused-ring (bicyclic) bond motifs is 1. The molecule has 3 aromatic heterocycles. The smallest absolute Gasteiger partial charge is 0.251 e. The highest BCUT2D eigenvalue weighted by Crippen LogP contribution is 2.37. The van der Waals surface area contributed by atoms with Crippen LogP contribution in [0.2, 0.25) is 0 Å². The number of carbonyl (C=O) groups is 1. The number of nitrogens with zero attached hydrogens (tertiary/aromatic N) is 4. The quantitative estimate of drug-likeness (QED) is 0.320. The van der Waals surface area contributed by atoms with E-state index in [0.29, 0.717) is 47.7 Å². The molecule has 1 fully saturated rings. The summed E-state index contributed by atoms with van der Waals surface area (Å²) < 4.78 is 17.5. The number of ether oxygens (including phenoxy) is 3. The highest BCUT2D eigenvalue weighted by molar-refractivity contribution is 5.98. The molecular weight excluding hydrogens is 486 g/mol. The van der Waals surface area contributed by atoms with Gasteiger partial charge in [0.25, 0.3) is 5.91 Å². The molecule has 0 bridgehead atoms. The molecule has 1 saturated heterocycles. The standard InChI is InChI=1S/C27H31N7O4/c1-28-25(35)16-5-7-20(21(13-16)36-4)31-27-32-24-23(26(33-27)38-18-9-11-37-12-10-18)19(15-30-24)17-6-8-22(29-14-17)34(2)3/h5-8,13-15,18H,9-12H2,1-4H3,(H,28,35)(H2,30,31,32,33). The maximum absolute atomic E-state index is 12.1. The van der Waals surface area contributed by atoms with Gasteiger partial charge < -0.3 is 34.7 Å². The number of H-pyrrole nitrogens is 1. The minimum atomic E-state index is -0.202. The van der Waals surface area contributed by atoms with Crippen LogP contribution in [0.5, 0.6) is 11.6 Å². The first-order chi connectivity index (χ1) is 18.5. The third-order valence-electron chi connectivity index (χ3n) is 6.40. The number of carbonyl (C=O) groups excluding carboxylic acids is 1. The van der Waals surface area contributed by atoms with Gasteiger partial charge in [0, 0.05) is 63.1 Å². The van der Waals surface area contributed by atoms with Crippen LogP contribution < -0.4 is 25.0 Å². The van der Waals surface area contributed by atoms with Crippen LogP contribution in [0.1, 0.15) is 23.2 Å². The topological polar surface area (TPSA) is 127 Å². The number of hydrogen-bond donors (Lipinski definition) is 3. The molecule has 3 N–H and O–H groups in total. The number of rotatable bonds is 8. The number of anilines is 3. The fraction of sp³-hybridized carbons (Fsp3) is 0.333. The molecule has 4 heterocycles. The molecule has 1 aromatic carbocycles. The maximum Gasteiger partial charge on any atom is 0.251 e. The van der Waals surface area contributed by atoms with Gasteiger partial charge >= 0.3 is 0 Å². The number of aromatic nitrogens is 4. The van der Waals surface area contributed by atoms with Crippen molar-refractivity contribution in [1.29, 1.82) is 0 Å². The van der Waals surface area contributed by atoms with Crippen molar-refractivity contribution < 1.29 is 19.0 Å². The lowest BCUT2D eigenvalue weighted by molar-refractivity contribution is 0.0244. The molecule has 11 heteroatoms. The van der Waals surface area contributed by atoms with Gasteiger partial charge in [0.05, 0.1) is 31.4 Å². The van der Waals surface area contributed by atoms with Crippen molar-refractivity contribution in [3.05, 3.63) is 48.3 Å². The number of aromatic amines is 1. The Labute approximate surface area is 220 Å². The summed E-state index contributed by atoms with van der Waals surface area (Å²) >= 11 is 0. The summed E-state index contributed by atoms with van der Waals surface area (Å²) in [6.07, 6.45) is 5.27. The van der Waals surface area contributed by atoms with Crippen LogP contribution in [0.15, 0.2) is 42.7 Å². The summed E-state index contributed by atoms with van der Waals surface area (Å²) in [5.41, 5.74) is 3.55. The van der Waals surface area contributed by atoms with E-state index in [1.165, 1.54) is 0 Å². The van der Waals surface area contributed by atoms with E-state index >= 15 is 0 Å². The first-order valence-electron chi connectivity index (χ1n) is 12.4. The summed E-state index contributed by atoms with van der Waals surface area (Å²) in [7, 11) is 7.04. The Kier molecular flexibility index (Phi) is 7.27. The molecule has 1 aliphatic heterocycles. The van der Waals surface area contributed by atoms with Gasteiger partial charge in [0.15, 0.2) is 0 Å². The Bertz CT molecular complexity index is 1430. The first-order valence-corrected chi connectivity index (χ1v) is 12.4. The molecule has 4 aromatic rings. The van der Waals surface area contributed by atoms with Gasteiger partial charge in [-0.05, 0) is 30.3 Å². The summed E-state index contributed by atoms with van der Waals surface area (Å²) in [5, 5.41) is 6.62. The van der Waals surface area contributed by atoms with Crippen LogP contribution in [0.25, 0.3) is 22.2 Å². The van der Waals surface area contributed by atoms with Crippen molar-refractivity contribution >= 4 is 34.4 Å². The Hall–Kier alpha value is -4.38. The van der Waals surface area contributed by atoms with E-state index in [1.807, 2.05) is 43.5 Å². The number of pyridine rings is 1. The van der Waals surface area contributed by atoms with Crippen molar-refractivity contribution in [3.63, 3.8) is 0 Å². The van der Waals surface area contributed by atoms with E-state index in [-0.39, 0.29) is 12.0 Å². The lowest BCUT2D eigenvalue weighted by atomic mass is 10.1. The molecule has 1 amide bonds. The highest BCUT2D eigenvalue weighted by Gasteiger charge is 2.22. The van der Waals surface area contributed by atoms with Gasteiger partial charge in [0.2, 0.25) is 11.8 Å². The fourth-order valence-corrected chi connectivity index (χ4v) is 4.33. The molecule has 0 saturated carbocycles. The van der Waals surface area contributed by atoms with Gasteiger partial charge in [-0.25, -0.2) is 4.98 Å². The van der Waals surface area contributed by atoms with Crippen LogP contribution in [0.3, 0.4) is 0 Å². The maximum atomic E-state index is 12.1. The molecule has 11 nitrogen and oxygen atoms in total. The van der Waals surface area contributed by atoms with Crippen molar-refractivity contribution in [2.24, 2.45) is 0 Å². The molecule has 198 valence electrons. The van der Waals surface area contributed by atoms with Gasteiger partial charge in [-0.2, -0.15) is 9.97 Å². The van der Waals surface area contributed by atoms with Crippen molar-refractivity contribution in [3.8, 4) is 22.8 Å². The van der Waals surface area contributed by atoms with Gasteiger partial charge in [-0.1, -0.05) is 0 Å². The van der Waals surface area contributed by atoms with Crippen LogP contribution in [-0.4, -0.2) is 73.4 Å². The Morgan fingerprint density at radius 3 is 2.66 bits per heavy atom. The minimum Gasteiger partial charge on any atom is -0.495 e. The third kappa shape index (κ3) is 5.18. The van der Waals surface area contributed by atoms with Gasteiger partial charge in [-0.15, -0.1) is 0 Å². The predicted molar refractivity (Wildman–Crippen MR) is 146 cm³/mol. The zero-order valence-corrected chi connectivity index (χ0v) is 21.9. The molecule has 0 spiro atoms. The molecule has 0 unspecified atom stereocenters. The monoisotopic (exact) mass is 517 g/mol. The second kappa shape index (κ2) is 10.9. The predicted octanol–water partition coefficient (Wildman–Crippen LogP) is 3.76. The van der Waals surface area contributed by atoms with Crippen LogP contribution in [0.4, 0.5) is 17.5 Å². The Balaban J connectivity index is 1.54. The summed E-state index contributed by atoms with van der Waals surface area (Å²) in [4.78, 5) is 31.3. The zero-order chi connectivity index (χ0) is 26.6. The van der Waals surface area contributed by atoms with E-state index < -0.39 is 0 Å². The van der Waals surface area contributed by atoms with Crippen molar-refractivity contribution in [2.45, 2.75) is 18.9 Å². The first kappa shape index (κ1) is 25.3. The Morgan fingerprint density at radius 1 is 1.16 bits per heavy atom. The SMILES string of the molecule is CNC(=O)c1ccc(Nc2nc(OC3CCOCC3)c3c(-c4ccc(N(C)C)nc4)c[nH]c3n2)c(OC)c1. The average Bonchev–Trinajstić information content (AvgIpc) is 3.38. The van der Waals surface area contributed by atoms with Crippen LogP contribution in [-0.2, 0) is 4.74 Å². The van der Waals surface area contributed by atoms with Crippen LogP contribution in [0, 0.1) is 0 Å². The van der Waals surface area contributed by atoms with Crippen molar-refractivity contribution in [2.75, 3.05) is 51.7 Å². The lowest BCUT2D eigenvalue weighted by Gasteiger charge is -2.23. The second-order valence-electron chi connectivity index (χ2n) is 9.13. The molecular formula is C27H31N7O4. The average molecular weight is 518 g/mol. The Morgan fingerprint density at radius 2 is 1.97 bits per heavy atom. The summed E-state index contributed by atoms with van der Waals surface area (Å²) in [6.45, 7) is 1.30. The van der Waals surface area contributed by atoms with Crippen molar-refractivity contribution in [1.82, 2.24) is 25.3 Å². The fourth-order valence-electron chi connectivity index (χ4n) is 4.33. The largest absolute Gasteiger partial charge is 0.495 e. The molecule has 38 heavy (non-hydrogen) atoms.